The van der Waals surface area contributed by atoms with E-state index in [2.05, 4.69) is 16.1 Å². The second-order valence-electron chi connectivity index (χ2n) is 5.51. The highest BCUT2D eigenvalue weighted by molar-refractivity contribution is 7.90. The maximum atomic E-state index is 12.3. The summed E-state index contributed by atoms with van der Waals surface area (Å²) in [5.74, 6) is 0. The Labute approximate surface area is 114 Å². The average molecular weight is 280 g/mol. The minimum Gasteiger partial charge on any atom is -0.383 e. The van der Waals surface area contributed by atoms with Gasteiger partial charge in [-0.1, -0.05) is 31.0 Å². The summed E-state index contributed by atoms with van der Waals surface area (Å²) >= 11 is 0. The lowest BCUT2D eigenvalue weighted by molar-refractivity contribution is 0.535. The van der Waals surface area contributed by atoms with Crippen LogP contribution in [0.25, 0.3) is 0 Å². The van der Waals surface area contributed by atoms with Crippen LogP contribution in [0.4, 0.5) is 5.69 Å². The molecule has 1 aliphatic carbocycles. The van der Waals surface area contributed by atoms with Crippen LogP contribution in [0.3, 0.4) is 0 Å². The van der Waals surface area contributed by atoms with E-state index in [1.807, 2.05) is 18.2 Å². The third-order valence-electron chi connectivity index (χ3n) is 4.09. The van der Waals surface area contributed by atoms with Crippen molar-refractivity contribution in [1.82, 2.24) is 4.72 Å². The molecule has 19 heavy (non-hydrogen) atoms. The topological polar surface area (TPSA) is 58.2 Å². The molecule has 5 heteroatoms. The first-order valence-corrected chi connectivity index (χ1v) is 8.53. The molecule has 1 saturated carbocycles. The first-order valence-electron chi connectivity index (χ1n) is 6.98. The van der Waals surface area contributed by atoms with Gasteiger partial charge >= 0.3 is 0 Å². The summed E-state index contributed by atoms with van der Waals surface area (Å²) in [6.45, 7) is 0.670. The standard InChI is InChI=1S/C14H20N2O2S/c17-19(18,13-6-2-3-7-13)16-12-9-11-5-1-4-8-14(11)15-10-12/h1,4-5,8,12-13,15-16H,2-3,6-7,9-10H2. The summed E-state index contributed by atoms with van der Waals surface area (Å²) in [6, 6.07) is 8.05. The number of benzene rings is 1. The highest BCUT2D eigenvalue weighted by atomic mass is 32.2. The first kappa shape index (κ1) is 12.9. The summed E-state index contributed by atoms with van der Waals surface area (Å²) in [7, 11) is -3.15. The van der Waals surface area contributed by atoms with Crippen LogP contribution in [-0.4, -0.2) is 26.3 Å². The molecule has 1 aromatic carbocycles. The van der Waals surface area contributed by atoms with Gasteiger partial charge < -0.3 is 5.32 Å². The van der Waals surface area contributed by atoms with Crippen molar-refractivity contribution in [2.45, 2.75) is 43.4 Å². The van der Waals surface area contributed by atoms with Gasteiger partial charge in [0, 0.05) is 18.3 Å². The largest absolute Gasteiger partial charge is 0.383 e. The zero-order chi connectivity index (χ0) is 13.3. The summed E-state index contributed by atoms with van der Waals surface area (Å²) in [5, 5.41) is 3.12. The SMILES string of the molecule is O=S(=O)(NC1CNc2ccccc2C1)C1CCCC1. The fraction of sp³-hybridized carbons (Fsp3) is 0.571. The molecular formula is C14H20N2O2S. The molecule has 0 saturated heterocycles. The summed E-state index contributed by atoms with van der Waals surface area (Å²) < 4.78 is 27.4. The van der Waals surface area contributed by atoms with Gasteiger partial charge in [0.1, 0.15) is 0 Å². The van der Waals surface area contributed by atoms with Crippen LogP contribution < -0.4 is 10.0 Å². The fourth-order valence-corrected chi connectivity index (χ4v) is 4.83. The summed E-state index contributed by atoms with van der Waals surface area (Å²) in [5.41, 5.74) is 2.31. The zero-order valence-electron chi connectivity index (χ0n) is 10.9. The van der Waals surface area contributed by atoms with E-state index in [9.17, 15) is 8.42 Å². The van der Waals surface area contributed by atoms with E-state index in [0.29, 0.717) is 6.54 Å². The predicted molar refractivity (Wildman–Crippen MR) is 76.7 cm³/mol. The van der Waals surface area contributed by atoms with Gasteiger partial charge in [0.2, 0.25) is 10.0 Å². The second kappa shape index (κ2) is 5.13. The van der Waals surface area contributed by atoms with Crippen LogP contribution in [0.2, 0.25) is 0 Å². The van der Waals surface area contributed by atoms with Crippen molar-refractivity contribution in [1.29, 1.82) is 0 Å². The van der Waals surface area contributed by atoms with Gasteiger partial charge in [0.05, 0.1) is 5.25 Å². The van der Waals surface area contributed by atoms with Crippen molar-refractivity contribution in [2.75, 3.05) is 11.9 Å². The number of fused-ring (bicyclic) bond motifs is 1. The molecule has 104 valence electrons. The molecule has 1 aliphatic heterocycles. The number of hydrogen-bond acceptors (Lipinski definition) is 3. The third kappa shape index (κ3) is 2.77. The Kier molecular flexibility index (Phi) is 3.50. The number of para-hydroxylation sites is 1. The Hall–Kier alpha value is -1.07. The lowest BCUT2D eigenvalue weighted by Crippen LogP contribution is -2.46. The molecular weight excluding hydrogens is 260 g/mol. The Morgan fingerprint density at radius 3 is 2.68 bits per heavy atom. The Morgan fingerprint density at radius 1 is 1.16 bits per heavy atom. The number of rotatable bonds is 3. The Morgan fingerprint density at radius 2 is 1.89 bits per heavy atom. The van der Waals surface area contributed by atoms with E-state index in [0.717, 1.165) is 37.8 Å². The minimum atomic E-state index is -3.15. The molecule has 2 aliphatic rings. The summed E-state index contributed by atoms with van der Waals surface area (Å²) in [4.78, 5) is 0. The maximum absolute atomic E-state index is 12.3. The van der Waals surface area contributed by atoms with Crippen molar-refractivity contribution in [3.63, 3.8) is 0 Å². The molecule has 1 aromatic rings. The normalized spacial score (nSPS) is 23.9. The monoisotopic (exact) mass is 280 g/mol. The molecule has 1 atom stereocenters. The van der Waals surface area contributed by atoms with Crippen molar-refractivity contribution >= 4 is 15.7 Å². The van der Waals surface area contributed by atoms with Crippen LogP contribution in [0.15, 0.2) is 24.3 Å². The number of anilines is 1. The lowest BCUT2D eigenvalue weighted by Gasteiger charge is -2.27. The minimum absolute atomic E-state index is 0.0273. The smallest absolute Gasteiger partial charge is 0.214 e. The Balaban J connectivity index is 1.69. The molecule has 0 aromatic heterocycles. The molecule has 1 unspecified atom stereocenters. The maximum Gasteiger partial charge on any atom is 0.214 e. The zero-order valence-corrected chi connectivity index (χ0v) is 11.7. The summed E-state index contributed by atoms with van der Waals surface area (Å²) in [6.07, 6.45) is 4.47. The van der Waals surface area contributed by atoms with Gasteiger partial charge in [0.25, 0.3) is 0 Å². The molecule has 0 amide bonds. The van der Waals surface area contributed by atoms with Crippen LogP contribution in [0.1, 0.15) is 31.2 Å². The van der Waals surface area contributed by atoms with E-state index in [4.69, 9.17) is 0 Å². The molecule has 0 bridgehead atoms. The van der Waals surface area contributed by atoms with Gasteiger partial charge in [-0.3, -0.25) is 0 Å². The van der Waals surface area contributed by atoms with E-state index in [-0.39, 0.29) is 11.3 Å². The van der Waals surface area contributed by atoms with Gasteiger partial charge in [0.15, 0.2) is 0 Å². The van der Waals surface area contributed by atoms with Crippen molar-refractivity contribution in [2.24, 2.45) is 0 Å². The van der Waals surface area contributed by atoms with Crippen LogP contribution in [0.5, 0.6) is 0 Å². The van der Waals surface area contributed by atoms with Crippen molar-refractivity contribution in [3.8, 4) is 0 Å². The highest BCUT2D eigenvalue weighted by Crippen LogP contribution is 2.26. The third-order valence-corrected chi connectivity index (χ3v) is 6.11. The van der Waals surface area contributed by atoms with E-state index in [1.165, 1.54) is 5.56 Å². The quantitative estimate of drug-likeness (QED) is 0.889. The molecule has 0 radical (unpaired) electrons. The molecule has 1 heterocycles. The van der Waals surface area contributed by atoms with Crippen molar-refractivity contribution < 1.29 is 8.42 Å². The average Bonchev–Trinajstić information content (AvgIpc) is 2.93. The molecule has 0 spiro atoms. The lowest BCUT2D eigenvalue weighted by atomic mass is 10.0. The van der Waals surface area contributed by atoms with E-state index < -0.39 is 10.0 Å². The highest BCUT2D eigenvalue weighted by Gasteiger charge is 2.31. The van der Waals surface area contributed by atoms with Gasteiger partial charge in [-0.25, -0.2) is 13.1 Å². The van der Waals surface area contributed by atoms with Crippen LogP contribution in [-0.2, 0) is 16.4 Å². The number of hydrogen-bond donors (Lipinski definition) is 2. The Bertz CT molecular complexity index is 550. The van der Waals surface area contributed by atoms with E-state index in [1.54, 1.807) is 0 Å². The second-order valence-corrected chi connectivity index (χ2v) is 7.50. The number of nitrogens with one attached hydrogen (secondary N) is 2. The van der Waals surface area contributed by atoms with Crippen molar-refractivity contribution in [3.05, 3.63) is 29.8 Å². The molecule has 4 nitrogen and oxygen atoms in total. The predicted octanol–water partition coefficient (Wildman–Crippen LogP) is 1.89. The molecule has 3 rings (SSSR count). The number of sulfonamides is 1. The van der Waals surface area contributed by atoms with Gasteiger partial charge in [-0.15, -0.1) is 0 Å². The van der Waals surface area contributed by atoms with Gasteiger partial charge in [-0.05, 0) is 30.9 Å². The van der Waals surface area contributed by atoms with E-state index >= 15 is 0 Å². The van der Waals surface area contributed by atoms with Gasteiger partial charge in [-0.2, -0.15) is 0 Å². The molecule has 1 fully saturated rings. The fourth-order valence-electron chi connectivity index (χ4n) is 3.05. The van der Waals surface area contributed by atoms with Crippen LogP contribution in [0, 0.1) is 0 Å². The van der Waals surface area contributed by atoms with Crippen LogP contribution >= 0.6 is 0 Å². The molecule has 2 N–H and O–H groups in total. The first-order chi connectivity index (χ1) is 9.15.